The molecule has 1 rings (SSSR count). The minimum atomic E-state index is -4.06. The van der Waals surface area contributed by atoms with Crippen LogP contribution < -0.4 is 5.32 Å². The molecule has 0 aliphatic carbocycles. The van der Waals surface area contributed by atoms with Gasteiger partial charge in [0.25, 0.3) is 0 Å². The smallest absolute Gasteiger partial charge is 0.356 e. The van der Waals surface area contributed by atoms with E-state index < -0.39 is 12.6 Å². The van der Waals surface area contributed by atoms with Gasteiger partial charge in [0.05, 0.1) is 0 Å². The highest BCUT2D eigenvalue weighted by Crippen LogP contribution is 2.21. The van der Waals surface area contributed by atoms with Gasteiger partial charge in [0.2, 0.25) is 0 Å². The van der Waals surface area contributed by atoms with E-state index in [1.54, 1.807) is 18.4 Å². The Hall–Kier alpha value is -0.510. The van der Waals surface area contributed by atoms with Crippen molar-refractivity contribution in [1.29, 1.82) is 0 Å². The Kier molecular flexibility index (Phi) is 10.0. The molecule has 0 aliphatic heterocycles. The zero-order chi connectivity index (χ0) is 15.0. The average Bonchev–Trinajstić information content (AvgIpc) is 2.85. The summed E-state index contributed by atoms with van der Waals surface area (Å²) in [7, 11) is 3.57. The van der Waals surface area contributed by atoms with Gasteiger partial charge in [0.15, 0.2) is 5.96 Å². The maximum Gasteiger partial charge on any atom is 0.389 e. The summed E-state index contributed by atoms with van der Waals surface area (Å²) in [5.41, 5.74) is 1.19. The lowest BCUT2D eigenvalue weighted by Crippen LogP contribution is -2.38. The molecule has 3 nitrogen and oxygen atoms in total. The zero-order valence-corrected chi connectivity index (χ0v) is 15.3. The van der Waals surface area contributed by atoms with Crippen LogP contribution in [0.3, 0.4) is 0 Å². The number of nitrogens with one attached hydrogen (secondary N) is 1. The lowest BCUT2D eigenvalue weighted by molar-refractivity contribution is -0.135. The van der Waals surface area contributed by atoms with E-state index in [2.05, 4.69) is 15.7 Å². The van der Waals surface area contributed by atoms with Gasteiger partial charge in [-0.1, -0.05) is 0 Å². The molecular weight excluding hydrogens is 414 g/mol. The minimum absolute atomic E-state index is 0. The number of thiophene rings is 1. The van der Waals surface area contributed by atoms with Crippen molar-refractivity contribution in [2.24, 2.45) is 4.99 Å². The van der Waals surface area contributed by atoms with E-state index in [1.807, 2.05) is 23.4 Å². The maximum atomic E-state index is 12.0. The van der Waals surface area contributed by atoms with Gasteiger partial charge in [-0.3, -0.25) is 4.99 Å². The lowest BCUT2D eigenvalue weighted by Gasteiger charge is -2.21. The summed E-state index contributed by atoms with van der Waals surface area (Å²) in [6.07, 6.45) is -4.16. The highest BCUT2D eigenvalue weighted by Gasteiger charge is 2.25. The number of alkyl halides is 3. The van der Waals surface area contributed by atoms with E-state index in [-0.39, 0.29) is 30.4 Å². The molecule has 0 aliphatic rings. The van der Waals surface area contributed by atoms with Gasteiger partial charge in [0, 0.05) is 33.6 Å². The predicted octanol–water partition coefficient (Wildman–Crippen LogP) is 4.11. The van der Waals surface area contributed by atoms with Crippen molar-refractivity contribution >= 4 is 41.3 Å². The fourth-order valence-corrected chi connectivity index (χ4v) is 2.43. The molecule has 0 bridgehead atoms. The van der Waals surface area contributed by atoms with E-state index in [4.69, 9.17) is 0 Å². The first-order valence-electron chi connectivity index (χ1n) is 6.42. The molecular formula is C13H21F3IN3S. The standard InChI is InChI=1S/C13H20F3N3S.HI/c1-17-12(18-7-4-3-6-13(14,15)16)19(2)9-11-5-8-20-10-11;/h5,8,10H,3-4,6-7,9H2,1-2H3,(H,17,18);1H. The molecule has 0 saturated carbocycles. The molecule has 1 N–H and O–H groups in total. The molecule has 122 valence electrons. The van der Waals surface area contributed by atoms with Crippen LogP contribution in [0.2, 0.25) is 0 Å². The number of aliphatic imine (C=N–C) groups is 1. The van der Waals surface area contributed by atoms with Crippen LogP contribution in [0.1, 0.15) is 24.8 Å². The third-order valence-electron chi connectivity index (χ3n) is 2.74. The van der Waals surface area contributed by atoms with Gasteiger partial charge in [-0.15, -0.1) is 24.0 Å². The van der Waals surface area contributed by atoms with Crippen LogP contribution in [0.4, 0.5) is 13.2 Å². The summed E-state index contributed by atoms with van der Waals surface area (Å²) in [4.78, 5) is 6.08. The lowest BCUT2D eigenvalue weighted by atomic mass is 10.2. The number of halogens is 4. The van der Waals surface area contributed by atoms with Gasteiger partial charge in [0.1, 0.15) is 0 Å². The van der Waals surface area contributed by atoms with Crippen LogP contribution in [0.25, 0.3) is 0 Å². The second kappa shape index (κ2) is 10.3. The topological polar surface area (TPSA) is 27.6 Å². The number of nitrogens with zero attached hydrogens (tertiary/aromatic N) is 2. The molecule has 0 saturated heterocycles. The van der Waals surface area contributed by atoms with Crippen molar-refractivity contribution in [3.63, 3.8) is 0 Å². The van der Waals surface area contributed by atoms with E-state index in [9.17, 15) is 13.2 Å². The van der Waals surface area contributed by atoms with Crippen LogP contribution in [-0.4, -0.2) is 37.7 Å². The first kappa shape index (κ1) is 20.5. The molecule has 21 heavy (non-hydrogen) atoms. The van der Waals surface area contributed by atoms with Crippen LogP contribution in [0, 0.1) is 0 Å². The molecule has 0 unspecified atom stereocenters. The SMILES string of the molecule is CN=C(NCCCCC(F)(F)F)N(C)Cc1ccsc1.I. The highest BCUT2D eigenvalue weighted by atomic mass is 127. The third kappa shape index (κ3) is 9.18. The Bertz CT molecular complexity index is 407. The third-order valence-corrected chi connectivity index (χ3v) is 3.48. The Balaban J connectivity index is 0.00000400. The molecule has 0 spiro atoms. The summed E-state index contributed by atoms with van der Waals surface area (Å²) in [6.45, 7) is 1.22. The minimum Gasteiger partial charge on any atom is -0.356 e. The molecule has 0 amide bonds. The summed E-state index contributed by atoms with van der Waals surface area (Å²) in [5, 5.41) is 7.15. The Labute approximate surface area is 144 Å². The molecule has 1 aromatic rings. The Morgan fingerprint density at radius 3 is 2.62 bits per heavy atom. The summed E-state index contributed by atoms with van der Waals surface area (Å²) < 4.78 is 36.0. The molecule has 1 heterocycles. The summed E-state index contributed by atoms with van der Waals surface area (Å²) >= 11 is 1.63. The molecule has 0 radical (unpaired) electrons. The Morgan fingerprint density at radius 1 is 1.38 bits per heavy atom. The second-order valence-corrected chi connectivity index (χ2v) is 5.31. The van der Waals surface area contributed by atoms with Crippen molar-refractivity contribution in [3.8, 4) is 0 Å². The van der Waals surface area contributed by atoms with E-state index >= 15 is 0 Å². The van der Waals surface area contributed by atoms with Gasteiger partial charge < -0.3 is 10.2 Å². The maximum absolute atomic E-state index is 12.0. The monoisotopic (exact) mass is 435 g/mol. The van der Waals surface area contributed by atoms with Crippen LogP contribution in [0.5, 0.6) is 0 Å². The predicted molar refractivity (Wildman–Crippen MR) is 92.5 cm³/mol. The van der Waals surface area contributed by atoms with Crippen molar-refractivity contribution in [2.75, 3.05) is 20.6 Å². The number of rotatable bonds is 6. The number of unbranched alkanes of at least 4 members (excludes halogenated alkanes) is 1. The van der Waals surface area contributed by atoms with Gasteiger partial charge in [-0.05, 0) is 35.2 Å². The van der Waals surface area contributed by atoms with Crippen molar-refractivity contribution in [1.82, 2.24) is 10.2 Å². The quantitative estimate of drug-likeness (QED) is 0.315. The van der Waals surface area contributed by atoms with Crippen molar-refractivity contribution in [3.05, 3.63) is 22.4 Å². The van der Waals surface area contributed by atoms with Crippen LogP contribution >= 0.6 is 35.3 Å². The van der Waals surface area contributed by atoms with E-state index in [0.29, 0.717) is 18.9 Å². The summed E-state index contributed by atoms with van der Waals surface area (Å²) in [5.74, 6) is 0.697. The fourth-order valence-electron chi connectivity index (χ4n) is 1.77. The van der Waals surface area contributed by atoms with Gasteiger partial charge in [-0.2, -0.15) is 24.5 Å². The largest absolute Gasteiger partial charge is 0.389 e. The average molecular weight is 435 g/mol. The molecule has 1 aromatic heterocycles. The van der Waals surface area contributed by atoms with E-state index in [1.165, 1.54) is 5.56 Å². The zero-order valence-electron chi connectivity index (χ0n) is 12.1. The van der Waals surface area contributed by atoms with Gasteiger partial charge >= 0.3 is 6.18 Å². The molecule has 8 heteroatoms. The first-order valence-corrected chi connectivity index (χ1v) is 7.36. The second-order valence-electron chi connectivity index (χ2n) is 4.53. The fraction of sp³-hybridized carbons (Fsp3) is 0.615. The number of guanidine groups is 1. The molecule has 0 aromatic carbocycles. The van der Waals surface area contributed by atoms with Crippen LogP contribution in [-0.2, 0) is 6.54 Å². The molecule has 0 fully saturated rings. The van der Waals surface area contributed by atoms with Crippen LogP contribution in [0.15, 0.2) is 21.8 Å². The normalized spacial score (nSPS) is 12.0. The number of hydrogen-bond acceptors (Lipinski definition) is 2. The number of hydrogen-bond donors (Lipinski definition) is 1. The van der Waals surface area contributed by atoms with E-state index in [0.717, 1.165) is 6.54 Å². The Morgan fingerprint density at radius 2 is 2.10 bits per heavy atom. The summed E-state index contributed by atoms with van der Waals surface area (Å²) in [6, 6.07) is 2.04. The molecule has 0 atom stereocenters. The highest BCUT2D eigenvalue weighted by molar-refractivity contribution is 14.0. The van der Waals surface area contributed by atoms with Crippen molar-refractivity contribution < 1.29 is 13.2 Å². The first-order chi connectivity index (χ1) is 9.42. The van der Waals surface area contributed by atoms with Crippen molar-refractivity contribution in [2.45, 2.75) is 32.0 Å². The van der Waals surface area contributed by atoms with Gasteiger partial charge in [-0.25, -0.2) is 0 Å².